The van der Waals surface area contributed by atoms with Crippen molar-refractivity contribution in [3.05, 3.63) is 18.0 Å². The van der Waals surface area contributed by atoms with Crippen molar-refractivity contribution in [1.82, 2.24) is 9.78 Å². The minimum absolute atomic E-state index is 0.201. The summed E-state index contributed by atoms with van der Waals surface area (Å²) in [4.78, 5) is 0. The number of hydrogen-bond donors (Lipinski definition) is 1. The maximum Gasteiger partial charge on any atom is 0.0650 e. The molecule has 96 valence electrons. The lowest BCUT2D eigenvalue weighted by molar-refractivity contribution is 0.177. The van der Waals surface area contributed by atoms with Gasteiger partial charge in [-0.15, -0.1) is 0 Å². The van der Waals surface area contributed by atoms with Gasteiger partial charge in [-0.25, -0.2) is 0 Å². The fourth-order valence-electron chi connectivity index (χ4n) is 2.46. The second-order valence-electron chi connectivity index (χ2n) is 5.10. The van der Waals surface area contributed by atoms with E-state index in [1.165, 1.54) is 0 Å². The van der Waals surface area contributed by atoms with E-state index < -0.39 is 0 Å². The predicted molar refractivity (Wildman–Crippen MR) is 67.9 cm³/mol. The first-order chi connectivity index (χ1) is 8.17. The Labute approximate surface area is 103 Å². The Morgan fingerprint density at radius 1 is 1.53 bits per heavy atom. The van der Waals surface area contributed by atoms with Gasteiger partial charge in [-0.3, -0.25) is 4.68 Å². The molecule has 0 amide bonds. The number of nitrogens with zero attached hydrogens (tertiary/aromatic N) is 2. The molecule has 0 saturated carbocycles. The van der Waals surface area contributed by atoms with Crippen LogP contribution in [0.15, 0.2) is 12.3 Å². The van der Waals surface area contributed by atoms with E-state index in [0.717, 1.165) is 38.0 Å². The van der Waals surface area contributed by atoms with Crippen molar-refractivity contribution in [3.8, 4) is 0 Å². The van der Waals surface area contributed by atoms with Crippen LogP contribution in [-0.4, -0.2) is 28.5 Å². The van der Waals surface area contributed by atoms with E-state index in [1.807, 2.05) is 0 Å². The van der Waals surface area contributed by atoms with Gasteiger partial charge in [0.2, 0.25) is 0 Å². The molecule has 2 heterocycles. The zero-order valence-electron chi connectivity index (χ0n) is 10.9. The number of rotatable bonds is 5. The Balaban J connectivity index is 2.03. The van der Waals surface area contributed by atoms with Crippen molar-refractivity contribution >= 4 is 0 Å². The van der Waals surface area contributed by atoms with E-state index in [9.17, 15) is 0 Å². The third-order valence-electron chi connectivity index (χ3n) is 3.65. The normalized spacial score (nSPS) is 24.7. The standard InChI is InChI=1S/C13H23N3O/c1-3-12(4-2)16-7-5-11(15-16)9-13(14)6-8-17-10-13/h5,7,12H,3-4,6,8-10,14H2,1-2H3. The molecule has 2 rings (SSSR count). The van der Waals surface area contributed by atoms with Crippen molar-refractivity contribution in [2.75, 3.05) is 13.2 Å². The summed E-state index contributed by atoms with van der Waals surface area (Å²) in [6.45, 7) is 5.84. The fourth-order valence-corrected chi connectivity index (χ4v) is 2.46. The quantitative estimate of drug-likeness (QED) is 0.851. The molecule has 1 aromatic heterocycles. The van der Waals surface area contributed by atoms with E-state index in [0.29, 0.717) is 12.6 Å². The third-order valence-corrected chi connectivity index (χ3v) is 3.65. The highest BCUT2D eigenvalue weighted by molar-refractivity contribution is 5.07. The smallest absolute Gasteiger partial charge is 0.0650 e. The molecular formula is C13H23N3O. The monoisotopic (exact) mass is 237 g/mol. The summed E-state index contributed by atoms with van der Waals surface area (Å²) >= 11 is 0. The van der Waals surface area contributed by atoms with E-state index in [1.54, 1.807) is 0 Å². The Morgan fingerprint density at radius 2 is 2.29 bits per heavy atom. The van der Waals surface area contributed by atoms with Crippen molar-refractivity contribution in [2.45, 2.75) is 51.1 Å². The van der Waals surface area contributed by atoms with Crippen LogP contribution < -0.4 is 5.73 Å². The van der Waals surface area contributed by atoms with Crippen LogP contribution in [0, 0.1) is 0 Å². The van der Waals surface area contributed by atoms with Crippen molar-refractivity contribution < 1.29 is 4.74 Å². The largest absolute Gasteiger partial charge is 0.379 e. The van der Waals surface area contributed by atoms with Crippen LogP contribution in [0.5, 0.6) is 0 Å². The minimum Gasteiger partial charge on any atom is -0.379 e. The summed E-state index contributed by atoms with van der Waals surface area (Å²) in [6.07, 6.45) is 6.07. The highest BCUT2D eigenvalue weighted by atomic mass is 16.5. The van der Waals surface area contributed by atoms with Crippen LogP contribution in [0.25, 0.3) is 0 Å². The molecule has 1 aliphatic rings. The molecule has 1 unspecified atom stereocenters. The summed E-state index contributed by atoms with van der Waals surface area (Å²) in [5, 5.41) is 4.64. The second-order valence-corrected chi connectivity index (χ2v) is 5.10. The van der Waals surface area contributed by atoms with Crippen LogP contribution in [-0.2, 0) is 11.2 Å². The first-order valence-corrected chi connectivity index (χ1v) is 6.57. The van der Waals surface area contributed by atoms with Gasteiger partial charge >= 0.3 is 0 Å². The number of ether oxygens (including phenoxy) is 1. The van der Waals surface area contributed by atoms with E-state index >= 15 is 0 Å². The molecule has 0 bridgehead atoms. The zero-order chi connectivity index (χ0) is 12.3. The van der Waals surface area contributed by atoms with Gasteiger partial charge in [0.15, 0.2) is 0 Å². The minimum atomic E-state index is -0.201. The SMILES string of the molecule is CCC(CC)n1ccc(CC2(N)CCOC2)n1. The summed E-state index contributed by atoms with van der Waals surface area (Å²) in [6, 6.07) is 2.60. The summed E-state index contributed by atoms with van der Waals surface area (Å²) in [5.74, 6) is 0. The molecule has 0 radical (unpaired) electrons. The van der Waals surface area contributed by atoms with Crippen molar-refractivity contribution in [2.24, 2.45) is 5.73 Å². The molecule has 4 nitrogen and oxygen atoms in total. The van der Waals surface area contributed by atoms with Gasteiger partial charge in [0.1, 0.15) is 0 Å². The van der Waals surface area contributed by atoms with Crippen LogP contribution in [0.1, 0.15) is 44.8 Å². The average molecular weight is 237 g/mol. The molecule has 1 aliphatic heterocycles. The van der Waals surface area contributed by atoms with Crippen molar-refractivity contribution in [3.63, 3.8) is 0 Å². The Bertz CT molecular complexity index is 351. The van der Waals surface area contributed by atoms with Gasteiger partial charge in [0.25, 0.3) is 0 Å². The molecule has 1 atom stereocenters. The Kier molecular flexibility index (Phi) is 3.84. The Hall–Kier alpha value is -0.870. The molecular weight excluding hydrogens is 214 g/mol. The molecule has 1 saturated heterocycles. The lowest BCUT2D eigenvalue weighted by Crippen LogP contribution is -2.42. The van der Waals surface area contributed by atoms with Crippen molar-refractivity contribution in [1.29, 1.82) is 0 Å². The van der Waals surface area contributed by atoms with Crippen LogP contribution in [0.2, 0.25) is 0 Å². The third kappa shape index (κ3) is 2.87. The lowest BCUT2D eigenvalue weighted by atomic mass is 9.94. The summed E-state index contributed by atoms with van der Waals surface area (Å²) < 4.78 is 7.45. The van der Waals surface area contributed by atoms with Crippen LogP contribution >= 0.6 is 0 Å². The van der Waals surface area contributed by atoms with Gasteiger partial charge in [-0.05, 0) is 25.3 Å². The maximum atomic E-state index is 6.27. The summed E-state index contributed by atoms with van der Waals surface area (Å²) in [5.41, 5.74) is 7.15. The fraction of sp³-hybridized carbons (Fsp3) is 0.769. The molecule has 4 heteroatoms. The van der Waals surface area contributed by atoms with Gasteiger partial charge in [0.05, 0.1) is 18.3 Å². The predicted octanol–water partition coefficient (Wildman–Crippen LogP) is 1.90. The molecule has 0 spiro atoms. The number of hydrogen-bond acceptors (Lipinski definition) is 3. The molecule has 0 aliphatic carbocycles. The molecule has 17 heavy (non-hydrogen) atoms. The highest BCUT2D eigenvalue weighted by Crippen LogP contribution is 2.21. The highest BCUT2D eigenvalue weighted by Gasteiger charge is 2.31. The van der Waals surface area contributed by atoms with E-state index in [-0.39, 0.29) is 5.54 Å². The van der Waals surface area contributed by atoms with Crippen LogP contribution in [0.4, 0.5) is 0 Å². The Morgan fingerprint density at radius 3 is 2.88 bits per heavy atom. The van der Waals surface area contributed by atoms with Gasteiger partial charge < -0.3 is 10.5 Å². The molecule has 1 aromatic rings. The number of nitrogens with two attached hydrogens (primary N) is 1. The maximum absolute atomic E-state index is 6.27. The number of aromatic nitrogens is 2. The van der Waals surface area contributed by atoms with E-state index in [2.05, 4.69) is 35.9 Å². The topological polar surface area (TPSA) is 53.1 Å². The summed E-state index contributed by atoms with van der Waals surface area (Å²) in [7, 11) is 0. The first kappa shape index (κ1) is 12.6. The first-order valence-electron chi connectivity index (χ1n) is 6.57. The average Bonchev–Trinajstić information content (AvgIpc) is 2.91. The lowest BCUT2D eigenvalue weighted by Gasteiger charge is -2.20. The second kappa shape index (κ2) is 5.19. The molecule has 0 aromatic carbocycles. The van der Waals surface area contributed by atoms with E-state index in [4.69, 9.17) is 10.5 Å². The molecule has 2 N–H and O–H groups in total. The van der Waals surface area contributed by atoms with Gasteiger partial charge in [-0.2, -0.15) is 5.10 Å². The van der Waals surface area contributed by atoms with Gasteiger partial charge in [-0.1, -0.05) is 13.8 Å². The van der Waals surface area contributed by atoms with Crippen LogP contribution in [0.3, 0.4) is 0 Å². The van der Waals surface area contributed by atoms with Gasteiger partial charge in [0, 0.05) is 24.8 Å². The molecule has 1 fully saturated rings. The zero-order valence-corrected chi connectivity index (χ0v) is 10.9.